The van der Waals surface area contributed by atoms with Crippen molar-refractivity contribution < 1.29 is 9.53 Å². The zero-order valence-corrected chi connectivity index (χ0v) is 12.4. The van der Waals surface area contributed by atoms with Crippen molar-refractivity contribution in [3.63, 3.8) is 0 Å². The summed E-state index contributed by atoms with van der Waals surface area (Å²) in [6.07, 6.45) is 0. The van der Waals surface area contributed by atoms with Crippen LogP contribution in [0.15, 0.2) is 48.5 Å². The molecular formula is C18H20O2. The van der Waals surface area contributed by atoms with Crippen molar-refractivity contribution in [2.75, 3.05) is 0 Å². The molecule has 0 radical (unpaired) electrons. The Morgan fingerprint density at radius 1 is 1.00 bits per heavy atom. The summed E-state index contributed by atoms with van der Waals surface area (Å²) in [6, 6.07) is 15.1. The Morgan fingerprint density at radius 2 is 1.65 bits per heavy atom. The van der Waals surface area contributed by atoms with Crippen molar-refractivity contribution in [3.05, 3.63) is 65.2 Å². The van der Waals surface area contributed by atoms with E-state index in [1.165, 1.54) is 5.56 Å². The lowest BCUT2D eigenvalue weighted by Crippen LogP contribution is -2.12. The highest BCUT2D eigenvalue weighted by Gasteiger charge is 2.15. The maximum Gasteiger partial charge on any atom is 0.343 e. The number of hydrogen-bond acceptors (Lipinski definition) is 2. The lowest BCUT2D eigenvalue weighted by molar-refractivity contribution is 0.0734. The fraction of sp³-hybridized carbons (Fsp3) is 0.278. The minimum Gasteiger partial charge on any atom is -0.423 e. The van der Waals surface area contributed by atoms with Gasteiger partial charge in [0.1, 0.15) is 5.75 Å². The molecule has 0 bridgehead atoms. The quantitative estimate of drug-likeness (QED) is 0.591. The van der Waals surface area contributed by atoms with Gasteiger partial charge in [-0.05, 0) is 47.7 Å². The Labute approximate surface area is 120 Å². The second kappa shape index (κ2) is 5.49. The molecule has 2 heteroatoms. The first-order chi connectivity index (χ1) is 9.36. The van der Waals surface area contributed by atoms with Gasteiger partial charge >= 0.3 is 5.97 Å². The second-order valence-corrected chi connectivity index (χ2v) is 6.03. The van der Waals surface area contributed by atoms with Crippen LogP contribution in [0.5, 0.6) is 5.75 Å². The highest BCUT2D eigenvalue weighted by Crippen LogP contribution is 2.22. The summed E-state index contributed by atoms with van der Waals surface area (Å²) < 4.78 is 5.37. The number of carbonyl (C=O) groups excluding carboxylic acids is 1. The summed E-state index contributed by atoms with van der Waals surface area (Å²) in [5.74, 6) is 0.256. The molecule has 104 valence electrons. The van der Waals surface area contributed by atoms with Crippen molar-refractivity contribution in [1.82, 2.24) is 0 Å². The van der Waals surface area contributed by atoms with Gasteiger partial charge in [-0.1, -0.05) is 45.0 Å². The Bertz CT molecular complexity index is 604. The molecule has 0 aliphatic carbocycles. The molecular weight excluding hydrogens is 248 g/mol. The van der Waals surface area contributed by atoms with E-state index in [-0.39, 0.29) is 11.4 Å². The number of aryl methyl sites for hydroxylation is 1. The van der Waals surface area contributed by atoms with Gasteiger partial charge in [0.2, 0.25) is 0 Å². The van der Waals surface area contributed by atoms with Crippen molar-refractivity contribution in [2.45, 2.75) is 33.1 Å². The highest BCUT2D eigenvalue weighted by atomic mass is 16.5. The summed E-state index contributed by atoms with van der Waals surface area (Å²) in [7, 11) is 0. The van der Waals surface area contributed by atoms with Gasteiger partial charge in [0.05, 0.1) is 5.56 Å². The number of ether oxygens (including phenoxy) is 1. The molecule has 2 aromatic rings. The number of esters is 1. The van der Waals surface area contributed by atoms with Gasteiger partial charge in [-0.25, -0.2) is 4.79 Å². The van der Waals surface area contributed by atoms with Gasteiger partial charge < -0.3 is 4.74 Å². The topological polar surface area (TPSA) is 26.3 Å². The number of rotatable bonds is 2. The van der Waals surface area contributed by atoms with Crippen molar-refractivity contribution >= 4 is 5.97 Å². The Morgan fingerprint density at radius 3 is 2.20 bits per heavy atom. The van der Waals surface area contributed by atoms with Crippen LogP contribution >= 0.6 is 0 Å². The van der Waals surface area contributed by atoms with Gasteiger partial charge in [-0.2, -0.15) is 0 Å². The lowest BCUT2D eigenvalue weighted by atomic mass is 9.87. The first kappa shape index (κ1) is 14.3. The summed E-state index contributed by atoms with van der Waals surface area (Å²) in [5, 5.41) is 0. The van der Waals surface area contributed by atoms with Crippen molar-refractivity contribution in [3.8, 4) is 5.75 Å². The van der Waals surface area contributed by atoms with E-state index in [2.05, 4.69) is 20.8 Å². The average Bonchev–Trinajstić information content (AvgIpc) is 2.38. The maximum absolute atomic E-state index is 12.1. The van der Waals surface area contributed by atoms with Gasteiger partial charge in [0, 0.05) is 0 Å². The van der Waals surface area contributed by atoms with E-state index in [1.54, 1.807) is 6.07 Å². The molecule has 0 amide bonds. The van der Waals surface area contributed by atoms with Gasteiger partial charge in [-0.15, -0.1) is 0 Å². The molecule has 0 atom stereocenters. The number of hydrogen-bond donors (Lipinski definition) is 0. The standard InChI is InChI=1S/C18H20O2/c1-13-6-5-7-16(12-13)20-17(19)14-8-10-15(11-9-14)18(2,3)4/h5-12H,1-4H3. The summed E-state index contributed by atoms with van der Waals surface area (Å²) in [4.78, 5) is 12.1. The van der Waals surface area contributed by atoms with Crippen LogP contribution in [-0.4, -0.2) is 5.97 Å². The number of benzene rings is 2. The van der Waals surface area contributed by atoms with Crippen molar-refractivity contribution in [1.29, 1.82) is 0 Å². The third kappa shape index (κ3) is 3.47. The van der Waals surface area contributed by atoms with Crippen molar-refractivity contribution in [2.24, 2.45) is 0 Å². The Kier molecular flexibility index (Phi) is 3.93. The van der Waals surface area contributed by atoms with E-state index >= 15 is 0 Å². The van der Waals surface area contributed by atoms with Crippen LogP contribution in [0.4, 0.5) is 0 Å². The molecule has 0 aliphatic heterocycles. The molecule has 2 nitrogen and oxygen atoms in total. The molecule has 0 aromatic heterocycles. The van der Waals surface area contributed by atoms with E-state index in [0.717, 1.165) is 5.56 Å². The normalized spacial score (nSPS) is 11.2. The van der Waals surface area contributed by atoms with Crippen LogP contribution < -0.4 is 4.74 Å². The molecule has 20 heavy (non-hydrogen) atoms. The van der Waals surface area contributed by atoms with E-state index in [4.69, 9.17) is 4.74 Å². The molecule has 0 heterocycles. The minimum absolute atomic E-state index is 0.0823. The Hall–Kier alpha value is -2.09. The molecule has 2 rings (SSSR count). The second-order valence-electron chi connectivity index (χ2n) is 6.03. The van der Waals surface area contributed by atoms with Crippen LogP contribution in [0.3, 0.4) is 0 Å². The van der Waals surface area contributed by atoms with E-state index in [9.17, 15) is 4.79 Å². The molecule has 0 fully saturated rings. The van der Waals surface area contributed by atoms with Crippen LogP contribution in [0.2, 0.25) is 0 Å². The van der Waals surface area contributed by atoms with E-state index in [1.807, 2.05) is 49.4 Å². The largest absolute Gasteiger partial charge is 0.423 e. The smallest absolute Gasteiger partial charge is 0.343 e. The SMILES string of the molecule is Cc1cccc(OC(=O)c2ccc(C(C)(C)C)cc2)c1. The third-order valence-electron chi connectivity index (χ3n) is 3.19. The average molecular weight is 268 g/mol. The molecule has 0 saturated carbocycles. The molecule has 0 N–H and O–H groups in total. The predicted octanol–water partition coefficient (Wildman–Crippen LogP) is 4.51. The third-order valence-corrected chi connectivity index (χ3v) is 3.19. The van der Waals surface area contributed by atoms with E-state index < -0.39 is 0 Å². The summed E-state index contributed by atoms with van der Waals surface area (Å²) in [5.41, 5.74) is 2.92. The van der Waals surface area contributed by atoms with Crippen LogP contribution in [-0.2, 0) is 5.41 Å². The predicted molar refractivity (Wildman–Crippen MR) is 81.3 cm³/mol. The Balaban J connectivity index is 2.14. The zero-order chi connectivity index (χ0) is 14.8. The first-order valence-corrected chi connectivity index (χ1v) is 6.76. The van der Waals surface area contributed by atoms with Crippen LogP contribution in [0.1, 0.15) is 42.3 Å². The van der Waals surface area contributed by atoms with Gasteiger partial charge in [-0.3, -0.25) is 0 Å². The summed E-state index contributed by atoms with van der Waals surface area (Å²) in [6.45, 7) is 8.41. The minimum atomic E-state index is -0.323. The maximum atomic E-state index is 12.1. The van der Waals surface area contributed by atoms with Gasteiger partial charge in [0.15, 0.2) is 0 Å². The lowest BCUT2D eigenvalue weighted by Gasteiger charge is -2.18. The first-order valence-electron chi connectivity index (χ1n) is 6.76. The molecule has 0 aliphatic rings. The van der Waals surface area contributed by atoms with Gasteiger partial charge in [0.25, 0.3) is 0 Å². The molecule has 0 unspecified atom stereocenters. The zero-order valence-electron chi connectivity index (χ0n) is 12.4. The van der Waals surface area contributed by atoms with Crippen LogP contribution in [0, 0.1) is 6.92 Å². The highest BCUT2D eigenvalue weighted by molar-refractivity contribution is 5.91. The van der Waals surface area contributed by atoms with E-state index in [0.29, 0.717) is 11.3 Å². The molecule has 0 spiro atoms. The monoisotopic (exact) mass is 268 g/mol. The number of carbonyl (C=O) groups is 1. The molecule has 2 aromatic carbocycles. The van der Waals surface area contributed by atoms with Crippen LogP contribution in [0.25, 0.3) is 0 Å². The molecule has 0 saturated heterocycles. The fourth-order valence-corrected chi connectivity index (χ4v) is 1.95. The fourth-order valence-electron chi connectivity index (χ4n) is 1.95. The summed E-state index contributed by atoms with van der Waals surface area (Å²) >= 11 is 0.